The molecule has 2 rings (SSSR count). The van der Waals surface area contributed by atoms with E-state index in [4.69, 9.17) is 4.74 Å². The van der Waals surface area contributed by atoms with Crippen molar-refractivity contribution in [3.05, 3.63) is 35.4 Å². The Labute approximate surface area is 77.5 Å². The lowest BCUT2D eigenvalue weighted by Crippen LogP contribution is -2.21. The summed E-state index contributed by atoms with van der Waals surface area (Å²) in [6, 6.07) is 8.34. The molecule has 1 atom stereocenters. The van der Waals surface area contributed by atoms with Gasteiger partial charge in [-0.25, -0.2) is 0 Å². The van der Waals surface area contributed by atoms with Crippen LogP contribution in [0, 0.1) is 0 Å². The Morgan fingerprint density at radius 2 is 2.08 bits per heavy atom. The first kappa shape index (κ1) is 8.30. The van der Waals surface area contributed by atoms with Gasteiger partial charge in [0.05, 0.1) is 0 Å². The van der Waals surface area contributed by atoms with Gasteiger partial charge in [0.2, 0.25) is 0 Å². The molecular formula is C11H12O2. The van der Waals surface area contributed by atoms with E-state index < -0.39 is 0 Å². The predicted molar refractivity (Wildman–Crippen MR) is 49.4 cm³/mol. The maximum absolute atomic E-state index is 10.2. The minimum atomic E-state index is 0.0902. The normalized spacial score (nSPS) is 20.5. The molecule has 0 bridgehead atoms. The largest absolute Gasteiger partial charge is 0.464 e. The first-order chi connectivity index (χ1) is 6.40. The quantitative estimate of drug-likeness (QED) is 0.641. The fourth-order valence-electron chi connectivity index (χ4n) is 1.86. The van der Waals surface area contributed by atoms with Gasteiger partial charge >= 0.3 is 0 Å². The third-order valence-corrected chi connectivity index (χ3v) is 2.55. The topological polar surface area (TPSA) is 26.3 Å². The molecule has 0 amide bonds. The number of carbonyl (C=O) groups is 1. The van der Waals surface area contributed by atoms with E-state index in [0.717, 1.165) is 19.3 Å². The number of benzene rings is 1. The first-order valence-electron chi connectivity index (χ1n) is 4.56. The third-order valence-electron chi connectivity index (χ3n) is 2.55. The van der Waals surface area contributed by atoms with E-state index in [0.29, 0.717) is 6.47 Å². The van der Waals surface area contributed by atoms with Crippen LogP contribution in [0.25, 0.3) is 0 Å². The number of rotatable bonds is 2. The summed E-state index contributed by atoms with van der Waals surface area (Å²) < 4.78 is 4.96. The highest BCUT2D eigenvalue weighted by atomic mass is 16.5. The van der Waals surface area contributed by atoms with Gasteiger partial charge in [0, 0.05) is 6.42 Å². The summed E-state index contributed by atoms with van der Waals surface area (Å²) in [5.41, 5.74) is 2.72. The highest BCUT2D eigenvalue weighted by molar-refractivity contribution is 5.38. The number of hydrogen-bond donors (Lipinski definition) is 0. The van der Waals surface area contributed by atoms with Gasteiger partial charge in [0.1, 0.15) is 6.10 Å². The van der Waals surface area contributed by atoms with Gasteiger partial charge in [-0.15, -0.1) is 0 Å². The maximum Gasteiger partial charge on any atom is 0.293 e. The second kappa shape index (κ2) is 3.60. The standard InChI is InChI=1S/C11H12O2/c12-8-13-11-6-5-9-3-1-2-4-10(9)7-11/h1-4,8,11H,5-7H2. The average molecular weight is 176 g/mol. The summed E-state index contributed by atoms with van der Waals surface area (Å²) in [4.78, 5) is 10.2. The summed E-state index contributed by atoms with van der Waals surface area (Å²) in [6.45, 7) is 0.554. The van der Waals surface area contributed by atoms with Crippen LogP contribution >= 0.6 is 0 Å². The third kappa shape index (κ3) is 1.72. The monoisotopic (exact) mass is 176 g/mol. The summed E-state index contributed by atoms with van der Waals surface area (Å²) in [7, 11) is 0. The van der Waals surface area contributed by atoms with Crippen LogP contribution in [-0.2, 0) is 22.4 Å². The van der Waals surface area contributed by atoms with Crippen molar-refractivity contribution in [2.75, 3.05) is 0 Å². The Hall–Kier alpha value is -1.31. The maximum atomic E-state index is 10.2. The molecule has 13 heavy (non-hydrogen) atoms. The molecule has 1 unspecified atom stereocenters. The van der Waals surface area contributed by atoms with Crippen molar-refractivity contribution >= 4 is 6.47 Å². The number of carbonyl (C=O) groups excluding carboxylic acids is 1. The molecule has 0 aliphatic heterocycles. The number of ether oxygens (including phenoxy) is 1. The number of fused-ring (bicyclic) bond motifs is 1. The van der Waals surface area contributed by atoms with E-state index in [2.05, 4.69) is 18.2 Å². The minimum Gasteiger partial charge on any atom is -0.464 e. The molecule has 2 heteroatoms. The minimum absolute atomic E-state index is 0.0902. The fraction of sp³-hybridized carbons (Fsp3) is 0.364. The molecule has 1 aromatic carbocycles. The Bertz CT molecular complexity index is 307. The lowest BCUT2D eigenvalue weighted by molar-refractivity contribution is -0.133. The Kier molecular flexibility index (Phi) is 2.30. The molecule has 0 aromatic heterocycles. The molecule has 68 valence electrons. The summed E-state index contributed by atoms with van der Waals surface area (Å²) in [5, 5.41) is 0. The van der Waals surface area contributed by atoms with Crippen molar-refractivity contribution < 1.29 is 9.53 Å². The molecule has 0 heterocycles. The zero-order valence-electron chi connectivity index (χ0n) is 7.40. The highest BCUT2D eigenvalue weighted by Crippen LogP contribution is 2.22. The van der Waals surface area contributed by atoms with E-state index in [-0.39, 0.29) is 6.10 Å². The van der Waals surface area contributed by atoms with E-state index >= 15 is 0 Å². The van der Waals surface area contributed by atoms with Crippen molar-refractivity contribution in [1.29, 1.82) is 0 Å². The number of hydrogen-bond acceptors (Lipinski definition) is 2. The number of aryl methyl sites for hydroxylation is 1. The van der Waals surface area contributed by atoms with Crippen molar-refractivity contribution in [1.82, 2.24) is 0 Å². The lowest BCUT2D eigenvalue weighted by Gasteiger charge is -2.22. The molecule has 1 aliphatic carbocycles. The van der Waals surface area contributed by atoms with Crippen LogP contribution in [0.3, 0.4) is 0 Å². The van der Waals surface area contributed by atoms with Crippen molar-refractivity contribution in [3.63, 3.8) is 0 Å². The second-order valence-corrected chi connectivity index (χ2v) is 3.37. The van der Waals surface area contributed by atoms with E-state index in [1.807, 2.05) is 6.07 Å². The molecule has 2 nitrogen and oxygen atoms in total. The summed E-state index contributed by atoms with van der Waals surface area (Å²) in [5.74, 6) is 0. The molecule has 0 saturated carbocycles. The van der Waals surface area contributed by atoms with Crippen molar-refractivity contribution in [2.24, 2.45) is 0 Å². The Morgan fingerprint density at radius 1 is 1.31 bits per heavy atom. The van der Waals surface area contributed by atoms with E-state index in [1.54, 1.807) is 0 Å². The highest BCUT2D eigenvalue weighted by Gasteiger charge is 2.18. The molecule has 0 spiro atoms. The van der Waals surface area contributed by atoms with Gasteiger partial charge in [-0.1, -0.05) is 24.3 Å². The second-order valence-electron chi connectivity index (χ2n) is 3.37. The van der Waals surface area contributed by atoms with Crippen LogP contribution in [0.5, 0.6) is 0 Å². The van der Waals surface area contributed by atoms with Gasteiger partial charge in [-0.3, -0.25) is 4.79 Å². The smallest absolute Gasteiger partial charge is 0.293 e. The fourth-order valence-corrected chi connectivity index (χ4v) is 1.86. The van der Waals surface area contributed by atoms with Gasteiger partial charge in [-0.2, -0.15) is 0 Å². The van der Waals surface area contributed by atoms with Crippen molar-refractivity contribution in [2.45, 2.75) is 25.4 Å². The molecule has 1 aliphatic rings. The van der Waals surface area contributed by atoms with Crippen LogP contribution in [0.1, 0.15) is 17.5 Å². The molecule has 0 saturated heterocycles. The zero-order valence-corrected chi connectivity index (χ0v) is 7.40. The van der Waals surface area contributed by atoms with Crippen LogP contribution in [-0.4, -0.2) is 12.6 Å². The van der Waals surface area contributed by atoms with Gasteiger partial charge < -0.3 is 4.74 Å². The molecule has 1 aromatic rings. The lowest BCUT2D eigenvalue weighted by atomic mass is 9.90. The van der Waals surface area contributed by atoms with Crippen molar-refractivity contribution in [3.8, 4) is 0 Å². The van der Waals surface area contributed by atoms with E-state index in [9.17, 15) is 4.79 Å². The molecule has 0 radical (unpaired) electrons. The average Bonchev–Trinajstić information content (AvgIpc) is 2.18. The summed E-state index contributed by atoms with van der Waals surface area (Å²) in [6.07, 6.45) is 2.94. The van der Waals surface area contributed by atoms with Gasteiger partial charge in [-0.05, 0) is 24.0 Å². The van der Waals surface area contributed by atoms with E-state index in [1.165, 1.54) is 11.1 Å². The summed E-state index contributed by atoms with van der Waals surface area (Å²) >= 11 is 0. The van der Waals surface area contributed by atoms with Crippen LogP contribution in [0.2, 0.25) is 0 Å². The Balaban J connectivity index is 2.15. The molecule has 0 fully saturated rings. The SMILES string of the molecule is O=COC1CCc2ccccc2C1. The van der Waals surface area contributed by atoms with Gasteiger partial charge in [0.25, 0.3) is 6.47 Å². The Morgan fingerprint density at radius 3 is 2.85 bits per heavy atom. The van der Waals surface area contributed by atoms with Crippen LogP contribution < -0.4 is 0 Å². The molecule has 0 N–H and O–H groups in total. The molecular weight excluding hydrogens is 164 g/mol. The van der Waals surface area contributed by atoms with Crippen LogP contribution in [0.15, 0.2) is 24.3 Å². The zero-order chi connectivity index (χ0) is 9.10. The first-order valence-corrected chi connectivity index (χ1v) is 4.56. The van der Waals surface area contributed by atoms with Gasteiger partial charge in [0.15, 0.2) is 0 Å². The predicted octanol–water partition coefficient (Wildman–Crippen LogP) is 1.72. The van der Waals surface area contributed by atoms with Crippen LogP contribution in [0.4, 0.5) is 0 Å².